The molecule has 0 aromatic heterocycles. The van der Waals surface area contributed by atoms with E-state index < -0.39 is 0 Å². The van der Waals surface area contributed by atoms with Crippen LogP contribution in [0, 0.1) is 6.67 Å². The summed E-state index contributed by atoms with van der Waals surface area (Å²) in [6.45, 7) is 2.33. The highest BCUT2D eigenvalue weighted by atomic mass is 16.1. The van der Waals surface area contributed by atoms with Crippen molar-refractivity contribution in [3.8, 4) is 0 Å². The van der Waals surface area contributed by atoms with Crippen molar-refractivity contribution in [2.45, 2.75) is 6.42 Å². The minimum Gasteiger partial charge on any atom is -0.337 e. The number of nitrogens with one attached hydrogen (secondary N) is 2. The highest BCUT2D eigenvalue weighted by Gasteiger charge is 2.03. The van der Waals surface area contributed by atoms with Gasteiger partial charge in [0, 0.05) is 13.0 Å². The van der Waals surface area contributed by atoms with E-state index in [2.05, 4.69) is 10.6 Å². The average molecular weight is 99.1 g/mol. The predicted octanol–water partition coefficient (Wildman–Crippen LogP) is -0.785. The van der Waals surface area contributed by atoms with Gasteiger partial charge < -0.3 is 5.32 Å². The van der Waals surface area contributed by atoms with Crippen molar-refractivity contribution < 1.29 is 4.79 Å². The zero-order chi connectivity index (χ0) is 5.11. The van der Waals surface area contributed by atoms with E-state index >= 15 is 0 Å². The molecule has 0 unspecified atom stereocenters. The molecule has 1 aliphatic heterocycles. The SMILES string of the molecule is O=C1CCN[CH]N1. The normalized spacial score (nSPS) is 21.4. The summed E-state index contributed by atoms with van der Waals surface area (Å²) >= 11 is 0. The first kappa shape index (κ1) is 4.59. The van der Waals surface area contributed by atoms with Crippen LogP contribution in [-0.2, 0) is 4.79 Å². The van der Waals surface area contributed by atoms with Gasteiger partial charge in [-0.15, -0.1) is 0 Å². The first-order valence-electron chi connectivity index (χ1n) is 2.24. The van der Waals surface area contributed by atoms with Gasteiger partial charge in [-0.1, -0.05) is 0 Å². The Balaban J connectivity index is 2.25. The molecule has 3 nitrogen and oxygen atoms in total. The van der Waals surface area contributed by atoms with Gasteiger partial charge in [0.25, 0.3) is 0 Å². The Labute approximate surface area is 42.1 Å². The highest BCUT2D eigenvalue weighted by Crippen LogP contribution is 1.82. The van der Waals surface area contributed by atoms with Crippen LogP contribution < -0.4 is 10.6 Å². The van der Waals surface area contributed by atoms with Gasteiger partial charge in [0.2, 0.25) is 5.91 Å². The van der Waals surface area contributed by atoms with E-state index in [0.29, 0.717) is 6.42 Å². The van der Waals surface area contributed by atoms with Crippen LogP contribution in [0.5, 0.6) is 0 Å². The lowest BCUT2D eigenvalue weighted by Crippen LogP contribution is -2.36. The van der Waals surface area contributed by atoms with Gasteiger partial charge >= 0.3 is 0 Å². The van der Waals surface area contributed by atoms with Crippen molar-refractivity contribution in [1.82, 2.24) is 10.6 Å². The second-order valence-corrected chi connectivity index (χ2v) is 1.42. The van der Waals surface area contributed by atoms with E-state index in [1.807, 2.05) is 0 Å². The van der Waals surface area contributed by atoms with Crippen molar-refractivity contribution in [3.63, 3.8) is 0 Å². The fourth-order valence-electron chi connectivity index (χ4n) is 0.462. The predicted molar refractivity (Wildman–Crippen MR) is 25.1 cm³/mol. The average Bonchev–Trinajstić information content (AvgIpc) is 1.69. The fourth-order valence-corrected chi connectivity index (χ4v) is 0.462. The van der Waals surface area contributed by atoms with Gasteiger partial charge in [-0.05, 0) is 0 Å². The van der Waals surface area contributed by atoms with Crippen LogP contribution in [0.1, 0.15) is 6.42 Å². The van der Waals surface area contributed by atoms with Crippen molar-refractivity contribution in [3.05, 3.63) is 6.67 Å². The Bertz CT molecular complexity index is 73.8. The maximum Gasteiger partial charge on any atom is 0.222 e. The van der Waals surface area contributed by atoms with E-state index in [-0.39, 0.29) is 5.91 Å². The Hall–Kier alpha value is -0.570. The van der Waals surface area contributed by atoms with E-state index in [1.54, 1.807) is 6.67 Å². The lowest BCUT2D eigenvalue weighted by molar-refractivity contribution is -0.121. The van der Waals surface area contributed by atoms with Gasteiger partial charge in [0.05, 0.1) is 0 Å². The van der Waals surface area contributed by atoms with Crippen molar-refractivity contribution >= 4 is 5.91 Å². The summed E-state index contributed by atoms with van der Waals surface area (Å²) in [5.74, 6) is 0.0961. The van der Waals surface area contributed by atoms with Crippen LogP contribution in [0.2, 0.25) is 0 Å². The van der Waals surface area contributed by atoms with E-state index in [9.17, 15) is 4.79 Å². The standard InChI is InChI=1S/C4H7N2O/c7-4-1-2-5-3-6-4/h3,5H,1-2H2,(H,6,7). The molecule has 3 heteroatoms. The number of carbonyl (C=O) groups is 1. The third-order valence-corrected chi connectivity index (χ3v) is 0.832. The molecule has 1 fully saturated rings. The number of amides is 1. The number of carbonyl (C=O) groups excluding carboxylic acids is 1. The van der Waals surface area contributed by atoms with Crippen LogP contribution in [0.15, 0.2) is 0 Å². The zero-order valence-electron chi connectivity index (χ0n) is 3.90. The van der Waals surface area contributed by atoms with Gasteiger partial charge in [-0.3, -0.25) is 10.1 Å². The maximum atomic E-state index is 10.3. The maximum absolute atomic E-state index is 10.3. The first-order valence-corrected chi connectivity index (χ1v) is 2.24. The number of hydrogen-bond donors (Lipinski definition) is 2. The molecule has 0 spiro atoms. The molecule has 39 valence electrons. The topological polar surface area (TPSA) is 41.1 Å². The summed E-state index contributed by atoms with van der Waals surface area (Å²) in [7, 11) is 0. The summed E-state index contributed by atoms with van der Waals surface area (Å²) in [5.41, 5.74) is 0. The molecule has 0 aromatic carbocycles. The van der Waals surface area contributed by atoms with Gasteiger partial charge in [0.1, 0.15) is 6.67 Å². The summed E-state index contributed by atoms with van der Waals surface area (Å²) in [6.07, 6.45) is 0.594. The van der Waals surface area contributed by atoms with Crippen LogP contribution in [0.25, 0.3) is 0 Å². The van der Waals surface area contributed by atoms with Crippen molar-refractivity contribution in [2.24, 2.45) is 0 Å². The Morgan fingerprint density at radius 2 is 2.57 bits per heavy atom. The third kappa shape index (κ3) is 1.16. The summed E-state index contributed by atoms with van der Waals surface area (Å²) in [4.78, 5) is 10.3. The second kappa shape index (κ2) is 1.93. The minimum absolute atomic E-state index is 0.0961. The van der Waals surface area contributed by atoms with Crippen LogP contribution >= 0.6 is 0 Å². The summed E-state index contributed by atoms with van der Waals surface area (Å²) in [6, 6.07) is 0. The van der Waals surface area contributed by atoms with Gasteiger partial charge in [-0.2, -0.15) is 0 Å². The monoisotopic (exact) mass is 99.1 g/mol. The second-order valence-electron chi connectivity index (χ2n) is 1.42. The highest BCUT2D eigenvalue weighted by molar-refractivity contribution is 5.77. The quantitative estimate of drug-likeness (QED) is 0.418. The molecule has 0 atom stereocenters. The summed E-state index contributed by atoms with van der Waals surface area (Å²) < 4.78 is 0. The van der Waals surface area contributed by atoms with Crippen LogP contribution in [0.3, 0.4) is 0 Å². The molecule has 1 heterocycles. The molecule has 7 heavy (non-hydrogen) atoms. The molecule has 1 amide bonds. The molecule has 0 saturated carbocycles. The molecular formula is C4H7N2O. The van der Waals surface area contributed by atoms with E-state index in [4.69, 9.17) is 0 Å². The largest absolute Gasteiger partial charge is 0.337 e. The van der Waals surface area contributed by atoms with E-state index in [0.717, 1.165) is 6.54 Å². The lowest BCUT2D eigenvalue weighted by atomic mass is 10.4. The van der Waals surface area contributed by atoms with E-state index in [1.165, 1.54) is 0 Å². The molecule has 1 radical (unpaired) electrons. The van der Waals surface area contributed by atoms with Crippen molar-refractivity contribution in [2.75, 3.05) is 6.54 Å². The minimum atomic E-state index is 0.0961. The molecule has 1 rings (SSSR count). The third-order valence-electron chi connectivity index (χ3n) is 0.832. The molecule has 1 saturated heterocycles. The molecule has 1 aliphatic rings. The van der Waals surface area contributed by atoms with Crippen LogP contribution in [-0.4, -0.2) is 12.5 Å². The number of hydrogen-bond acceptors (Lipinski definition) is 2. The van der Waals surface area contributed by atoms with Crippen molar-refractivity contribution in [1.29, 1.82) is 0 Å². The number of rotatable bonds is 0. The van der Waals surface area contributed by atoms with Crippen LogP contribution in [0.4, 0.5) is 0 Å². The van der Waals surface area contributed by atoms with Gasteiger partial charge in [0.15, 0.2) is 0 Å². The lowest BCUT2D eigenvalue weighted by Gasteiger charge is -2.10. The molecule has 0 aliphatic carbocycles. The summed E-state index contributed by atoms with van der Waals surface area (Å²) in [5, 5.41) is 5.37. The van der Waals surface area contributed by atoms with Gasteiger partial charge in [-0.25, -0.2) is 0 Å². The Morgan fingerprint density at radius 3 is 2.86 bits per heavy atom. The zero-order valence-corrected chi connectivity index (χ0v) is 3.90. The Kier molecular flexibility index (Phi) is 1.26. The molecule has 0 aromatic rings. The Morgan fingerprint density at radius 1 is 1.71 bits per heavy atom. The molecular weight excluding hydrogens is 92.1 g/mol. The first-order chi connectivity index (χ1) is 3.39. The smallest absolute Gasteiger partial charge is 0.222 e. The molecule has 0 bridgehead atoms. The molecule has 2 N–H and O–H groups in total. The fraction of sp³-hybridized carbons (Fsp3) is 0.500.